The fourth-order valence-corrected chi connectivity index (χ4v) is 1.84. The van der Waals surface area contributed by atoms with Crippen LogP contribution in [0, 0.1) is 0 Å². The van der Waals surface area contributed by atoms with Gasteiger partial charge in [0.05, 0.1) is 13.2 Å². The van der Waals surface area contributed by atoms with Crippen LogP contribution in [-0.2, 0) is 0 Å². The van der Waals surface area contributed by atoms with Gasteiger partial charge in [-0.2, -0.15) is 0 Å². The van der Waals surface area contributed by atoms with Crippen molar-refractivity contribution in [3.05, 3.63) is 29.3 Å². The zero-order valence-corrected chi connectivity index (χ0v) is 10.8. The second-order valence-corrected chi connectivity index (χ2v) is 4.53. The number of hydrogen-bond donors (Lipinski definition) is 1. The van der Waals surface area contributed by atoms with Crippen molar-refractivity contribution in [1.82, 2.24) is 0 Å². The summed E-state index contributed by atoms with van der Waals surface area (Å²) in [7, 11) is 1.61. The highest BCUT2D eigenvalue weighted by Crippen LogP contribution is 2.30. The van der Waals surface area contributed by atoms with Crippen LogP contribution in [0.25, 0.3) is 0 Å². The van der Waals surface area contributed by atoms with E-state index >= 15 is 0 Å². The van der Waals surface area contributed by atoms with Gasteiger partial charge in [0.25, 0.3) is 0 Å². The Bertz CT molecular complexity index is 337. The molecule has 1 aromatic rings. The molecule has 0 radical (unpaired) electrons. The largest absolute Gasteiger partial charge is 0.496 e. The van der Waals surface area contributed by atoms with Crippen molar-refractivity contribution in [3.8, 4) is 5.75 Å². The molecule has 0 saturated heterocycles. The summed E-state index contributed by atoms with van der Waals surface area (Å²) in [4.78, 5) is 0. The Kier molecular flexibility index (Phi) is 5.10. The van der Waals surface area contributed by atoms with Gasteiger partial charge in [0.1, 0.15) is 5.75 Å². The predicted molar refractivity (Wildman–Crippen MR) is 67.4 cm³/mol. The molecule has 0 heterocycles. The second kappa shape index (κ2) is 6.12. The molecule has 3 heteroatoms. The van der Waals surface area contributed by atoms with Crippen LogP contribution in [0.2, 0.25) is 0 Å². The van der Waals surface area contributed by atoms with Gasteiger partial charge in [0.15, 0.2) is 0 Å². The summed E-state index contributed by atoms with van der Waals surface area (Å²) in [5.41, 5.74) is 2.03. The van der Waals surface area contributed by atoms with Gasteiger partial charge in [-0.15, -0.1) is 11.6 Å². The summed E-state index contributed by atoms with van der Waals surface area (Å²) in [6, 6.07) is 5.93. The summed E-state index contributed by atoms with van der Waals surface area (Å²) in [5.74, 6) is 1.60. The van der Waals surface area contributed by atoms with E-state index in [1.165, 1.54) is 5.56 Å². The molecule has 1 rings (SSSR count). The van der Waals surface area contributed by atoms with Crippen LogP contribution in [0.1, 0.15) is 43.4 Å². The number of aliphatic hydroxyl groups excluding tert-OH is 1. The van der Waals surface area contributed by atoms with Crippen LogP contribution in [0.3, 0.4) is 0 Å². The molecule has 1 unspecified atom stereocenters. The van der Waals surface area contributed by atoms with Gasteiger partial charge in [0.2, 0.25) is 0 Å². The van der Waals surface area contributed by atoms with Gasteiger partial charge in [-0.05, 0) is 30.0 Å². The van der Waals surface area contributed by atoms with Crippen molar-refractivity contribution in [2.75, 3.05) is 13.0 Å². The number of hydrogen-bond acceptors (Lipinski definition) is 2. The lowest BCUT2D eigenvalue weighted by atomic mass is 9.97. The molecular formula is C13H19ClO2. The van der Waals surface area contributed by atoms with Crippen LogP contribution in [0.15, 0.2) is 18.2 Å². The number of methoxy groups -OCH3 is 1. The molecule has 0 aromatic heterocycles. The van der Waals surface area contributed by atoms with Gasteiger partial charge >= 0.3 is 0 Å². The second-order valence-electron chi connectivity index (χ2n) is 4.15. The molecule has 0 aliphatic rings. The Hall–Kier alpha value is -0.730. The fraction of sp³-hybridized carbons (Fsp3) is 0.538. The highest BCUT2D eigenvalue weighted by Gasteiger charge is 2.14. The van der Waals surface area contributed by atoms with E-state index < -0.39 is 6.10 Å². The van der Waals surface area contributed by atoms with Crippen molar-refractivity contribution in [1.29, 1.82) is 0 Å². The molecule has 0 fully saturated rings. The number of alkyl halides is 1. The van der Waals surface area contributed by atoms with Crippen LogP contribution in [0.5, 0.6) is 5.75 Å². The van der Waals surface area contributed by atoms with E-state index in [-0.39, 0.29) is 0 Å². The van der Waals surface area contributed by atoms with E-state index in [9.17, 15) is 5.11 Å². The molecule has 1 N–H and O–H groups in total. The Labute approximate surface area is 102 Å². The monoisotopic (exact) mass is 242 g/mol. The molecule has 16 heavy (non-hydrogen) atoms. The highest BCUT2D eigenvalue weighted by atomic mass is 35.5. The molecule has 0 spiro atoms. The van der Waals surface area contributed by atoms with Crippen molar-refractivity contribution >= 4 is 11.6 Å². The molecule has 0 aliphatic carbocycles. The zero-order valence-electron chi connectivity index (χ0n) is 10.0. The van der Waals surface area contributed by atoms with Gasteiger partial charge in [-0.25, -0.2) is 0 Å². The lowest BCUT2D eigenvalue weighted by molar-refractivity contribution is 0.170. The van der Waals surface area contributed by atoms with E-state index in [4.69, 9.17) is 16.3 Å². The molecule has 0 saturated carbocycles. The summed E-state index contributed by atoms with van der Waals surface area (Å²) in [6.45, 7) is 4.25. The van der Waals surface area contributed by atoms with E-state index in [1.807, 2.05) is 18.2 Å². The molecule has 90 valence electrons. The number of rotatable bonds is 5. The Morgan fingerprint density at radius 2 is 2.06 bits per heavy atom. The van der Waals surface area contributed by atoms with Gasteiger partial charge in [-0.3, -0.25) is 0 Å². The first-order valence-electron chi connectivity index (χ1n) is 5.52. The Balaban J connectivity index is 3.06. The lowest BCUT2D eigenvalue weighted by Gasteiger charge is -2.16. The smallest absolute Gasteiger partial charge is 0.124 e. The standard InChI is InChI=1S/C13H19ClO2/c1-9(2)10-4-5-13(16-3)11(8-10)12(15)6-7-14/h4-5,8-9,12,15H,6-7H2,1-3H3. The fourth-order valence-electron chi connectivity index (χ4n) is 1.63. The van der Waals surface area contributed by atoms with Gasteiger partial charge < -0.3 is 9.84 Å². The lowest BCUT2D eigenvalue weighted by Crippen LogP contribution is -2.03. The molecule has 2 nitrogen and oxygen atoms in total. The third-order valence-corrected chi connectivity index (χ3v) is 2.88. The number of benzene rings is 1. The summed E-state index contributed by atoms with van der Waals surface area (Å²) < 4.78 is 5.24. The molecule has 1 aromatic carbocycles. The first-order valence-corrected chi connectivity index (χ1v) is 6.05. The Morgan fingerprint density at radius 3 is 2.56 bits per heavy atom. The number of aliphatic hydroxyl groups is 1. The predicted octanol–water partition coefficient (Wildman–Crippen LogP) is 3.48. The maximum absolute atomic E-state index is 9.97. The minimum absolute atomic E-state index is 0.438. The van der Waals surface area contributed by atoms with Crippen LogP contribution >= 0.6 is 11.6 Å². The van der Waals surface area contributed by atoms with Crippen LogP contribution in [0.4, 0.5) is 0 Å². The first kappa shape index (κ1) is 13.3. The van der Waals surface area contributed by atoms with Crippen LogP contribution < -0.4 is 4.74 Å². The third kappa shape index (κ3) is 3.13. The maximum atomic E-state index is 9.97. The van der Waals surface area contributed by atoms with Crippen molar-refractivity contribution < 1.29 is 9.84 Å². The normalized spacial score (nSPS) is 12.9. The van der Waals surface area contributed by atoms with E-state index in [2.05, 4.69) is 13.8 Å². The molecule has 0 aliphatic heterocycles. The zero-order chi connectivity index (χ0) is 12.1. The van der Waals surface area contributed by atoms with Gasteiger partial charge in [-0.1, -0.05) is 19.9 Å². The molecular weight excluding hydrogens is 224 g/mol. The topological polar surface area (TPSA) is 29.5 Å². The highest BCUT2D eigenvalue weighted by molar-refractivity contribution is 6.17. The van der Waals surface area contributed by atoms with Crippen molar-refractivity contribution in [3.63, 3.8) is 0 Å². The minimum atomic E-state index is -0.550. The summed E-state index contributed by atoms with van der Waals surface area (Å²) >= 11 is 5.64. The van der Waals surface area contributed by atoms with E-state index in [0.717, 1.165) is 11.3 Å². The Morgan fingerprint density at radius 1 is 1.38 bits per heavy atom. The first-order chi connectivity index (χ1) is 7.60. The third-order valence-electron chi connectivity index (χ3n) is 2.66. The van der Waals surface area contributed by atoms with Crippen LogP contribution in [-0.4, -0.2) is 18.1 Å². The average Bonchev–Trinajstić information content (AvgIpc) is 2.28. The van der Waals surface area contributed by atoms with Crippen molar-refractivity contribution in [2.24, 2.45) is 0 Å². The molecule has 0 bridgehead atoms. The quantitative estimate of drug-likeness (QED) is 0.801. The number of halogens is 1. The van der Waals surface area contributed by atoms with Crippen molar-refractivity contribution in [2.45, 2.75) is 32.3 Å². The minimum Gasteiger partial charge on any atom is -0.496 e. The SMILES string of the molecule is COc1ccc(C(C)C)cc1C(O)CCCl. The maximum Gasteiger partial charge on any atom is 0.124 e. The molecule has 0 amide bonds. The summed E-state index contributed by atoms with van der Waals surface area (Å²) in [5, 5.41) is 9.97. The molecule has 1 atom stereocenters. The van der Waals surface area contributed by atoms with Gasteiger partial charge in [0, 0.05) is 11.4 Å². The number of ether oxygens (including phenoxy) is 1. The van der Waals surface area contributed by atoms with E-state index in [1.54, 1.807) is 7.11 Å². The average molecular weight is 243 g/mol. The summed E-state index contributed by atoms with van der Waals surface area (Å²) in [6.07, 6.45) is -0.00873. The van der Waals surface area contributed by atoms with E-state index in [0.29, 0.717) is 18.2 Å².